The Morgan fingerprint density at radius 1 is 0.576 bits per heavy atom. The second kappa shape index (κ2) is 27.4. The molecule has 3 rings (SSSR count). The first-order chi connectivity index (χ1) is 28.3. The molecule has 2 fully saturated rings. The molecule has 1 aromatic carbocycles. The number of piperidine rings is 2. The van der Waals surface area contributed by atoms with Crippen LogP contribution in [0.1, 0.15) is 148 Å². The normalized spacial score (nSPS) is 16.8. The summed E-state index contributed by atoms with van der Waals surface area (Å²) in [7, 11) is -3.48. The molecule has 392 valence electrons. The Morgan fingerprint density at radius 3 is 1.23 bits per heavy atom. The van der Waals surface area contributed by atoms with E-state index in [1.54, 1.807) is 46.4 Å². The van der Waals surface area contributed by atoms with Gasteiger partial charge in [0.2, 0.25) is 0 Å². The number of likely N-dealkylation sites (tertiary alicyclic amines) is 2. The first-order valence-electron chi connectivity index (χ1n) is 22.9. The SMILES string of the molecule is CC(C)(C)OC(=O)N1CCC(O)(CCO[Si](C)(C)C(C)(C)C)CC1.CC(C)(C)OC(=O)OC(=O)OC(C)(C)C.CC(C)(C)[Si](C)(C)OCCC1(O)CCN(Cc2ccccc2)CC1.O.O.[Pd]. The van der Waals surface area contributed by atoms with Crippen LogP contribution in [0.25, 0.3) is 0 Å². The van der Waals surface area contributed by atoms with E-state index in [9.17, 15) is 24.6 Å². The molecule has 18 heteroatoms. The van der Waals surface area contributed by atoms with Crippen LogP contribution in [0.4, 0.5) is 14.4 Å². The molecule has 1 aromatic rings. The molecule has 0 atom stereocenters. The summed E-state index contributed by atoms with van der Waals surface area (Å²) in [5.41, 5.74) is -1.81. The first kappa shape index (κ1) is 68.3. The van der Waals surface area contributed by atoms with E-state index in [2.05, 4.69) is 108 Å². The number of aliphatic hydroxyl groups is 2. The molecule has 66 heavy (non-hydrogen) atoms. The second-order valence-electron chi connectivity index (χ2n) is 23.4. The van der Waals surface area contributed by atoms with Gasteiger partial charge in [-0.15, -0.1) is 0 Å². The molecule has 1 amide bonds. The Balaban J connectivity index is -0.000000908. The van der Waals surface area contributed by atoms with Crippen LogP contribution >= 0.6 is 0 Å². The molecule has 0 saturated carbocycles. The first-order valence-corrected chi connectivity index (χ1v) is 28.7. The number of amides is 1. The summed E-state index contributed by atoms with van der Waals surface area (Å²) in [5, 5.41) is 22.0. The number of hydrogen-bond donors (Lipinski definition) is 2. The van der Waals surface area contributed by atoms with Crippen LogP contribution in [0.3, 0.4) is 0 Å². The van der Waals surface area contributed by atoms with E-state index in [0.717, 1.165) is 38.9 Å². The predicted molar refractivity (Wildman–Crippen MR) is 264 cm³/mol. The number of ether oxygens (including phenoxy) is 4. The van der Waals surface area contributed by atoms with Crippen molar-refractivity contribution in [3.8, 4) is 0 Å². The van der Waals surface area contributed by atoms with Crippen LogP contribution in [-0.2, 0) is 54.8 Å². The molecule has 2 aliphatic rings. The maximum Gasteiger partial charge on any atom is 0.519 e. The molecule has 0 aromatic heterocycles. The van der Waals surface area contributed by atoms with Crippen molar-refractivity contribution in [1.29, 1.82) is 0 Å². The molecule has 2 saturated heterocycles. The van der Waals surface area contributed by atoms with Crippen molar-refractivity contribution in [3.05, 3.63) is 35.9 Å². The number of carbonyl (C=O) groups is 3. The van der Waals surface area contributed by atoms with Crippen molar-refractivity contribution in [2.45, 2.75) is 213 Å². The van der Waals surface area contributed by atoms with Gasteiger partial charge in [0.1, 0.15) is 16.8 Å². The van der Waals surface area contributed by atoms with Crippen molar-refractivity contribution >= 4 is 35.0 Å². The van der Waals surface area contributed by atoms with Gasteiger partial charge in [0.05, 0.1) is 11.2 Å². The topological polar surface area (TPSA) is 217 Å². The Kier molecular flexibility index (Phi) is 28.4. The molecule has 0 radical (unpaired) electrons. The van der Waals surface area contributed by atoms with Gasteiger partial charge in [-0.25, -0.2) is 14.4 Å². The fourth-order valence-corrected chi connectivity index (χ4v) is 8.03. The second-order valence-corrected chi connectivity index (χ2v) is 33.0. The van der Waals surface area contributed by atoms with Gasteiger partial charge in [0.15, 0.2) is 16.6 Å². The molecule has 0 unspecified atom stereocenters. The summed E-state index contributed by atoms with van der Waals surface area (Å²) < 4.78 is 31.6. The molecule has 2 aliphatic heterocycles. The minimum absolute atomic E-state index is 0. The Labute approximate surface area is 415 Å². The van der Waals surface area contributed by atoms with Crippen molar-refractivity contribution < 1.29 is 83.8 Å². The zero-order valence-electron chi connectivity index (χ0n) is 44.4. The fraction of sp³-hybridized carbons (Fsp3) is 0.812. The minimum Gasteiger partial charge on any atom is -0.444 e. The minimum atomic E-state index is -1.78. The van der Waals surface area contributed by atoms with Gasteiger partial charge in [-0.05, 0) is 143 Å². The zero-order valence-corrected chi connectivity index (χ0v) is 47.9. The van der Waals surface area contributed by atoms with Gasteiger partial charge in [0, 0.05) is 66.4 Å². The molecule has 2 heterocycles. The summed E-state index contributed by atoms with van der Waals surface area (Å²) in [5.74, 6) is 0. The van der Waals surface area contributed by atoms with Crippen molar-refractivity contribution in [2.75, 3.05) is 39.4 Å². The van der Waals surface area contributed by atoms with Gasteiger partial charge in [-0.1, -0.05) is 71.9 Å². The van der Waals surface area contributed by atoms with Crippen LogP contribution in [0, 0.1) is 0 Å². The average Bonchev–Trinajstić information content (AvgIpc) is 3.07. The molecule has 0 bridgehead atoms. The number of carbonyl (C=O) groups excluding carboxylic acids is 3. The monoisotopic (exact) mass is 1070 g/mol. The third-order valence-corrected chi connectivity index (χ3v) is 21.1. The van der Waals surface area contributed by atoms with E-state index in [1.165, 1.54) is 5.56 Å². The summed E-state index contributed by atoms with van der Waals surface area (Å²) in [6.45, 7) is 43.3. The molecule has 0 aliphatic carbocycles. The van der Waals surface area contributed by atoms with E-state index in [0.29, 0.717) is 45.6 Å². The maximum absolute atomic E-state index is 12.1. The summed E-state index contributed by atoms with van der Waals surface area (Å²) in [4.78, 5) is 38.2. The average molecular weight is 1070 g/mol. The number of benzene rings is 1. The maximum atomic E-state index is 12.1. The summed E-state index contributed by atoms with van der Waals surface area (Å²) >= 11 is 0. The smallest absolute Gasteiger partial charge is 0.444 e. The third-order valence-electron chi connectivity index (χ3n) is 12.0. The standard InChI is InChI=1S/C20H35NO2Si.C18H37NO4Si.C10H18O5.2H2O.Pd/c1-19(2,3)24(4,5)23-16-13-20(22)11-14-21(15-12-20)17-18-9-7-6-8-10-18;1-16(2,3)23-15(20)19-12-9-18(21,10-13-19)11-14-22-24(7,8)17(4,5)6;1-9(2,3)14-7(11)13-8(12)15-10(4,5)6;;;/h6-10,22H,11-17H2,1-5H3;21H,9-14H2,1-8H3;1-6H3;2*1H2;. The number of hydrogen-bond acceptors (Lipinski definition) is 12. The Morgan fingerprint density at radius 2 is 0.909 bits per heavy atom. The largest absolute Gasteiger partial charge is 0.519 e. The van der Waals surface area contributed by atoms with Crippen molar-refractivity contribution in [1.82, 2.24) is 9.80 Å². The quantitative estimate of drug-likeness (QED) is 0.0969. The van der Waals surface area contributed by atoms with Gasteiger partial charge in [-0.3, -0.25) is 4.90 Å². The number of rotatable bonds is 10. The Hall–Kier alpha value is -1.95. The van der Waals surface area contributed by atoms with E-state index < -0.39 is 57.0 Å². The van der Waals surface area contributed by atoms with Crippen LogP contribution in [0.15, 0.2) is 30.3 Å². The van der Waals surface area contributed by atoms with Gasteiger partial charge >= 0.3 is 18.4 Å². The summed E-state index contributed by atoms with van der Waals surface area (Å²) in [6, 6.07) is 10.6. The van der Waals surface area contributed by atoms with Crippen LogP contribution in [-0.4, -0.2) is 133 Å². The van der Waals surface area contributed by atoms with Gasteiger partial charge < -0.3 is 53.9 Å². The van der Waals surface area contributed by atoms with Crippen LogP contribution in [0.5, 0.6) is 0 Å². The van der Waals surface area contributed by atoms with Crippen LogP contribution in [0.2, 0.25) is 36.3 Å². The van der Waals surface area contributed by atoms with Crippen LogP contribution < -0.4 is 0 Å². The van der Waals surface area contributed by atoms with E-state index >= 15 is 0 Å². The Bertz CT molecular complexity index is 1520. The van der Waals surface area contributed by atoms with E-state index in [4.69, 9.17) is 23.1 Å². The van der Waals surface area contributed by atoms with Gasteiger partial charge in [0.25, 0.3) is 0 Å². The van der Waals surface area contributed by atoms with Crippen molar-refractivity contribution in [3.63, 3.8) is 0 Å². The van der Waals surface area contributed by atoms with E-state index in [1.807, 2.05) is 20.8 Å². The fourth-order valence-electron chi connectivity index (χ4n) is 5.94. The number of nitrogens with zero attached hydrogens (tertiary/aromatic N) is 2. The third kappa shape index (κ3) is 27.9. The molecule has 15 nitrogen and oxygen atoms in total. The van der Waals surface area contributed by atoms with E-state index in [-0.39, 0.29) is 47.5 Å². The zero-order chi connectivity index (χ0) is 48.9. The molecular weight excluding hydrogens is 975 g/mol. The van der Waals surface area contributed by atoms with Crippen molar-refractivity contribution in [2.24, 2.45) is 0 Å². The molecule has 0 spiro atoms. The summed E-state index contributed by atoms with van der Waals surface area (Å²) in [6.07, 6.45) is 1.83. The molecule has 6 N–H and O–H groups in total. The predicted octanol–water partition coefficient (Wildman–Crippen LogP) is 9.81. The van der Waals surface area contributed by atoms with Gasteiger partial charge in [-0.2, -0.15) is 0 Å². The molecular formula is C48H94N2O13PdSi2.